The first-order chi connectivity index (χ1) is 17.3. The number of carbonyl (C=O) groups is 2. The average Bonchev–Trinajstić information content (AvgIpc) is 3.14. The molecule has 7 heteroatoms. The summed E-state index contributed by atoms with van der Waals surface area (Å²) in [7, 11) is 1.52. The van der Waals surface area contributed by atoms with Crippen LogP contribution in [0.1, 0.15) is 37.9 Å². The van der Waals surface area contributed by atoms with E-state index in [0.29, 0.717) is 40.7 Å². The topological polar surface area (TPSA) is 85.3 Å². The predicted molar refractivity (Wildman–Crippen MR) is 138 cm³/mol. The summed E-state index contributed by atoms with van der Waals surface area (Å²) < 4.78 is 16.7. The number of ether oxygens (including phenoxy) is 3. The molecule has 1 amide bonds. The average molecular weight is 488 g/mol. The first-order valence-corrected chi connectivity index (χ1v) is 11.8. The Morgan fingerprint density at radius 2 is 1.64 bits per heavy atom. The van der Waals surface area contributed by atoms with Crippen molar-refractivity contribution in [2.45, 2.75) is 32.9 Å². The molecule has 0 spiro atoms. The van der Waals surface area contributed by atoms with Gasteiger partial charge in [0.2, 0.25) is 0 Å². The highest BCUT2D eigenvalue weighted by molar-refractivity contribution is 6.51. The molecule has 0 aromatic heterocycles. The zero-order valence-corrected chi connectivity index (χ0v) is 20.7. The largest absolute Gasteiger partial charge is 0.507 e. The number of hydrogen-bond acceptors (Lipinski definition) is 6. The Bertz CT molecular complexity index is 1300. The van der Waals surface area contributed by atoms with Gasteiger partial charge in [0.05, 0.1) is 31.4 Å². The van der Waals surface area contributed by atoms with Gasteiger partial charge in [0.25, 0.3) is 11.7 Å². The van der Waals surface area contributed by atoms with Crippen molar-refractivity contribution in [3.05, 3.63) is 89.5 Å². The number of methoxy groups -OCH3 is 1. The van der Waals surface area contributed by atoms with Crippen LogP contribution in [0.25, 0.3) is 5.76 Å². The van der Waals surface area contributed by atoms with Crippen LogP contribution in [-0.4, -0.2) is 36.6 Å². The second kappa shape index (κ2) is 10.6. The lowest BCUT2D eigenvalue weighted by Crippen LogP contribution is -2.29. The molecule has 7 nitrogen and oxygen atoms in total. The smallest absolute Gasteiger partial charge is 0.300 e. The number of benzene rings is 3. The molecular weight excluding hydrogens is 458 g/mol. The molecule has 4 rings (SSSR count). The van der Waals surface area contributed by atoms with Crippen molar-refractivity contribution in [2.75, 3.05) is 18.6 Å². The highest BCUT2D eigenvalue weighted by Gasteiger charge is 2.47. The molecule has 3 aromatic rings. The molecule has 0 bridgehead atoms. The van der Waals surface area contributed by atoms with Crippen LogP contribution in [0.4, 0.5) is 5.69 Å². The van der Waals surface area contributed by atoms with Crippen LogP contribution in [-0.2, 0) is 9.59 Å². The maximum absolute atomic E-state index is 13.4. The summed E-state index contributed by atoms with van der Waals surface area (Å²) in [4.78, 5) is 28.2. The van der Waals surface area contributed by atoms with E-state index in [0.717, 1.165) is 0 Å². The van der Waals surface area contributed by atoms with E-state index in [1.165, 1.54) is 12.0 Å². The van der Waals surface area contributed by atoms with Crippen LogP contribution in [0.15, 0.2) is 78.4 Å². The van der Waals surface area contributed by atoms with E-state index in [1.54, 1.807) is 60.7 Å². The van der Waals surface area contributed by atoms with Gasteiger partial charge in [-0.25, -0.2) is 0 Å². The Balaban J connectivity index is 1.90. The van der Waals surface area contributed by atoms with E-state index < -0.39 is 17.7 Å². The minimum atomic E-state index is -0.871. The van der Waals surface area contributed by atoms with Crippen LogP contribution in [0, 0.1) is 0 Å². The quantitative estimate of drug-likeness (QED) is 0.256. The van der Waals surface area contributed by atoms with E-state index in [9.17, 15) is 14.7 Å². The minimum Gasteiger partial charge on any atom is -0.507 e. The summed E-state index contributed by atoms with van der Waals surface area (Å²) in [6.07, 6.45) is -0.0606. The van der Waals surface area contributed by atoms with Crippen molar-refractivity contribution < 1.29 is 28.9 Å². The Morgan fingerprint density at radius 1 is 0.944 bits per heavy atom. The molecule has 1 saturated heterocycles. The van der Waals surface area contributed by atoms with Crippen molar-refractivity contribution >= 4 is 23.1 Å². The maximum Gasteiger partial charge on any atom is 0.300 e. The molecule has 3 aromatic carbocycles. The number of hydrogen-bond donors (Lipinski definition) is 1. The number of nitrogens with zero attached hydrogens (tertiary/aromatic N) is 1. The molecule has 1 aliphatic rings. The SMILES string of the molecule is CCOc1ccc(N2C(=O)C(=O)/C(=C(\O)c3cccc(OC)c3)C2c2cccc(OC(C)C)c2)cc1. The van der Waals surface area contributed by atoms with Crippen molar-refractivity contribution in [3.63, 3.8) is 0 Å². The number of Topliss-reactive ketones (excluding diaryl/α,β-unsaturated/α-hetero) is 1. The molecule has 36 heavy (non-hydrogen) atoms. The highest BCUT2D eigenvalue weighted by Crippen LogP contribution is 2.43. The third kappa shape index (κ3) is 4.91. The molecule has 0 saturated carbocycles. The van der Waals surface area contributed by atoms with Crippen molar-refractivity contribution in [1.82, 2.24) is 0 Å². The maximum atomic E-state index is 13.4. The minimum absolute atomic E-state index is 0.0103. The van der Waals surface area contributed by atoms with E-state index in [4.69, 9.17) is 14.2 Å². The Morgan fingerprint density at radius 3 is 2.31 bits per heavy atom. The first-order valence-electron chi connectivity index (χ1n) is 11.8. The number of ketones is 1. The van der Waals surface area contributed by atoms with Gasteiger partial charge in [0.15, 0.2) is 0 Å². The number of carbonyl (C=O) groups excluding carboxylic acids is 2. The third-order valence-corrected chi connectivity index (χ3v) is 5.76. The number of amides is 1. The molecule has 0 aliphatic carbocycles. The van der Waals surface area contributed by atoms with Gasteiger partial charge in [-0.1, -0.05) is 24.3 Å². The molecule has 186 valence electrons. The molecule has 1 unspecified atom stereocenters. The molecule has 1 heterocycles. The van der Waals surface area contributed by atoms with Gasteiger partial charge in [-0.2, -0.15) is 0 Å². The number of aliphatic hydroxyl groups excluding tert-OH is 1. The molecule has 0 radical (unpaired) electrons. The highest BCUT2D eigenvalue weighted by atomic mass is 16.5. The lowest BCUT2D eigenvalue weighted by atomic mass is 9.95. The lowest BCUT2D eigenvalue weighted by molar-refractivity contribution is -0.132. The first kappa shape index (κ1) is 24.9. The summed E-state index contributed by atoms with van der Waals surface area (Å²) in [5, 5.41) is 11.3. The summed E-state index contributed by atoms with van der Waals surface area (Å²) >= 11 is 0. The molecule has 1 fully saturated rings. The zero-order chi connectivity index (χ0) is 25.8. The van der Waals surface area contributed by atoms with E-state index in [2.05, 4.69) is 0 Å². The van der Waals surface area contributed by atoms with Gasteiger partial charge in [-0.15, -0.1) is 0 Å². The van der Waals surface area contributed by atoms with Gasteiger partial charge in [0, 0.05) is 11.3 Å². The van der Waals surface area contributed by atoms with E-state index in [1.807, 2.05) is 32.9 Å². The van der Waals surface area contributed by atoms with Gasteiger partial charge in [-0.05, 0) is 74.9 Å². The molecular formula is C29H29NO6. The second-order valence-electron chi connectivity index (χ2n) is 8.57. The fourth-order valence-corrected chi connectivity index (χ4v) is 4.24. The Hall–Kier alpha value is -4.26. The van der Waals surface area contributed by atoms with Crippen molar-refractivity contribution in [2.24, 2.45) is 0 Å². The standard InChI is InChI=1S/C29H29NO6/c1-5-35-22-14-12-21(13-15-22)30-26(19-8-6-11-24(16-19)36-18(2)3)25(28(32)29(30)33)27(31)20-9-7-10-23(17-20)34-4/h6-18,26,31H,5H2,1-4H3/b27-25-. The normalized spacial score (nSPS) is 16.9. The number of anilines is 1. The van der Waals surface area contributed by atoms with Gasteiger partial charge in [-0.3, -0.25) is 14.5 Å². The fourth-order valence-electron chi connectivity index (χ4n) is 4.24. The van der Waals surface area contributed by atoms with Crippen LogP contribution in [0.3, 0.4) is 0 Å². The van der Waals surface area contributed by atoms with E-state index >= 15 is 0 Å². The second-order valence-corrected chi connectivity index (χ2v) is 8.57. The third-order valence-electron chi connectivity index (χ3n) is 5.76. The monoisotopic (exact) mass is 487 g/mol. The Labute approximate surface area is 210 Å². The fraction of sp³-hybridized carbons (Fsp3) is 0.241. The molecule has 1 aliphatic heterocycles. The zero-order valence-electron chi connectivity index (χ0n) is 20.7. The van der Waals surface area contributed by atoms with Crippen LogP contribution in [0.2, 0.25) is 0 Å². The van der Waals surface area contributed by atoms with E-state index in [-0.39, 0.29) is 17.4 Å². The summed E-state index contributed by atoms with van der Waals surface area (Å²) in [5.41, 5.74) is 1.50. The van der Waals surface area contributed by atoms with Gasteiger partial charge < -0.3 is 19.3 Å². The summed E-state index contributed by atoms with van der Waals surface area (Å²) in [5.74, 6) is -0.0167. The summed E-state index contributed by atoms with van der Waals surface area (Å²) in [6.45, 7) is 6.23. The lowest BCUT2D eigenvalue weighted by Gasteiger charge is -2.26. The molecule has 1 atom stereocenters. The van der Waals surface area contributed by atoms with Gasteiger partial charge in [0.1, 0.15) is 23.0 Å². The Kier molecular flexibility index (Phi) is 7.29. The van der Waals surface area contributed by atoms with Crippen LogP contribution < -0.4 is 19.1 Å². The van der Waals surface area contributed by atoms with Gasteiger partial charge >= 0.3 is 0 Å². The van der Waals surface area contributed by atoms with Crippen molar-refractivity contribution in [1.29, 1.82) is 0 Å². The van der Waals surface area contributed by atoms with Crippen LogP contribution >= 0.6 is 0 Å². The summed E-state index contributed by atoms with van der Waals surface area (Å²) in [6, 6.07) is 20.0. The van der Waals surface area contributed by atoms with Crippen molar-refractivity contribution in [3.8, 4) is 17.2 Å². The predicted octanol–water partition coefficient (Wildman–Crippen LogP) is 5.51. The number of aliphatic hydroxyl groups is 1. The number of rotatable bonds is 8. The van der Waals surface area contributed by atoms with Crippen LogP contribution in [0.5, 0.6) is 17.2 Å². The molecule has 1 N–H and O–H groups in total.